The van der Waals surface area contributed by atoms with E-state index >= 15 is 0 Å². The number of hydrogen-bond acceptors (Lipinski definition) is 2. The molecule has 26 heavy (non-hydrogen) atoms. The fourth-order valence-corrected chi connectivity index (χ4v) is 2.95. The molecule has 3 aromatic rings. The Hall–Kier alpha value is -2.62. The topological polar surface area (TPSA) is 46.2 Å². The minimum atomic E-state index is -0.246. The number of benzene rings is 3. The van der Waals surface area contributed by atoms with E-state index in [1.54, 1.807) is 48.5 Å². The summed E-state index contributed by atoms with van der Waals surface area (Å²) in [5.74, 6) is -0.462. The van der Waals surface area contributed by atoms with Crippen molar-refractivity contribution >= 4 is 40.6 Å². The van der Waals surface area contributed by atoms with Gasteiger partial charge in [0, 0.05) is 28.1 Å². The average molecular weight is 384 g/mol. The Morgan fingerprint density at radius 2 is 1.50 bits per heavy atom. The third kappa shape index (κ3) is 4.13. The van der Waals surface area contributed by atoms with Crippen molar-refractivity contribution in [3.63, 3.8) is 0 Å². The molecule has 1 amide bonds. The number of rotatable bonds is 4. The van der Waals surface area contributed by atoms with Crippen LogP contribution in [0.25, 0.3) is 11.1 Å². The van der Waals surface area contributed by atoms with Crippen LogP contribution >= 0.6 is 23.2 Å². The van der Waals surface area contributed by atoms with Gasteiger partial charge in [-0.05, 0) is 47.5 Å². The predicted octanol–water partition coefficient (Wildman–Crippen LogP) is 5.85. The summed E-state index contributed by atoms with van der Waals surface area (Å²) in [4.78, 5) is 24.5. The van der Waals surface area contributed by atoms with Gasteiger partial charge in [0.05, 0.1) is 5.69 Å². The van der Waals surface area contributed by atoms with Gasteiger partial charge in [-0.3, -0.25) is 9.59 Å². The molecule has 3 nitrogen and oxygen atoms in total. The first-order chi connectivity index (χ1) is 12.4. The molecule has 0 aliphatic carbocycles. The van der Waals surface area contributed by atoms with Crippen molar-refractivity contribution in [2.24, 2.45) is 0 Å². The summed E-state index contributed by atoms with van der Waals surface area (Å²) in [6.07, 6.45) is 0. The Labute approximate surface area is 161 Å². The Kier molecular flexibility index (Phi) is 5.40. The number of halogens is 2. The van der Waals surface area contributed by atoms with Crippen LogP contribution in [-0.4, -0.2) is 11.7 Å². The number of carbonyl (C=O) groups excluding carboxylic acids is 2. The Bertz CT molecular complexity index is 982. The summed E-state index contributed by atoms with van der Waals surface area (Å²) in [6.45, 7) is 1.40. The first-order valence-corrected chi connectivity index (χ1v) is 8.67. The second-order valence-electron chi connectivity index (χ2n) is 5.79. The largest absolute Gasteiger partial charge is 0.326 e. The molecule has 0 heterocycles. The lowest BCUT2D eigenvalue weighted by atomic mass is 9.96. The first-order valence-electron chi connectivity index (χ1n) is 7.92. The monoisotopic (exact) mass is 383 g/mol. The van der Waals surface area contributed by atoms with Gasteiger partial charge in [-0.1, -0.05) is 53.5 Å². The van der Waals surface area contributed by atoms with Gasteiger partial charge in [-0.2, -0.15) is 0 Å². The first kappa shape index (κ1) is 18.2. The van der Waals surface area contributed by atoms with Crippen molar-refractivity contribution in [3.8, 4) is 11.1 Å². The summed E-state index contributed by atoms with van der Waals surface area (Å²) in [5.41, 5.74) is 3.08. The lowest BCUT2D eigenvalue weighted by molar-refractivity contribution is -0.114. The molecule has 0 bridgehead atoms. The second kappa shape index (κ2) is 7.73. The van der Waals surface area contributed by atoms with E-state index in [4.69, 9.17) is 23.2 Å². The van der Waals surface area contributed by atoms with Gasteiger partial charge in [0.1, 0.15) is 0 Å². The molecule has 0 unspecified atom stereocenters. The fraction of sp³-hybridized carbons (Fsp3) is 0.0476. The highest BCUT2D eigenvalue weighted by Gasteiger charge is 2.16. The van der Waals surface area contributed by atoms with Crippen molar-refractivity contribution in [1.29, 1.82) is 0 Å². The van der Waals surface area contributed by atoms with Gasteiger partial charge in [-0.25, -0.2) is 0 Å². The number of ketones is 1. The minimum absolute atomic E-state index is 0.216. The van der Waals surface area contributed by atoms with Crippen molar-refractivity contribution < 1.29 is 9.59 Å². The number of hydrogen-bond donors (Lipinski definition) is 1. The van der Waals surface area contributed by atoms with Crippen LogP contribution < -0.4 is 5.32 Å². The van der Waals surface area contributed by atoms with E-state index < -0.39 is 0 Å². The van der Waals surface area contributed by atoms with Gasteiger partial charge in [0.15, 0.2) is 5.78 Å². The van der Waals surface area contributed by atoms with E-state index in [1.165, 1.54) is 6.92 Å². The summed E-state index contributed by atoms with van der Waals surface area (Å²) >= 11 is 12.0. The molecular weight excluding hydrogens is 369 g/mol. The van der Waals surface area contributed by atoms with E-state index in [9.17, 15) is 9.59 Å². The van der Waals surface area contributed by atoms with Gasteiger partial charge < -0.3 is 5.32 Å². The van der Waals surface area contributed by atoms with Crippen LogP contribution in [0.5, 0.6) is 0 Å². The molecule has 5 heteroatoms. The van der Waals surface area contributed by atoms with E-state index in [1.807, 2.05) is 18.2 Å². The average Bonchev–Trinajstić information content (AvgIpc) is 2.62. The molecule has 0 spiro atoms. The van der Waals surface area contributed by atoms with Crippen LogP contribution in [0.1, 0.15) is 22.8 Å². The maximum absolute atomic E-state index is 13.0. The zero-order valence-corrected chi connectivity index (χ0v) is 15.4. The molecular formula is C21H15Cl2NO2. The highest BCUT2D eigenvalue weighted by atomic mass is 35.5. The zero-order valence-electron chi connectivity index (χ0n) is 13.9. The molecule has 0 aliphatic rings. The third-order valence-electron chi connectivity index (χ3n) is 3.84. The number of carbonyl (C=O) groups is 2. The molecule has 0 saturated heterocycles. The lowest BCUT2D eigenvalue weighted by Gasteiger charge is -2.12. The summed E-state index contributed by atoms with van der Waals surface area (Å²) in [6, 6.07) is 19.4. The molecule has 1 N–H and O–H groups in total. The molecule has 0 saturated carbocycles. The van der Waals surface area contributed by atoms with E-state index in [0.29, 0.717) is 26.9 Å². The van der Waals surface area contributed by atoms with Crippen LogP contribution in [0.2, 0.25) is 10.0 Å². The highest BCUT2D eigenvalue weighted by Crippen LogP contribution is 2.28. The number of nitrogens with one attached hydrogen (secondary N) is 1. The van der Waals surface area contributed by atoms with Crippen LogP contribution in [-0.2, 0) is 4.79 Å². The Morgan fingerprint density at radius 3 is 2.15 bits per heavy atom. The molecule has 3 aromatic carbocycles. The van der Waals surface area contributed by atoms with Crippen LogP contribution in [0.4, 0.5) is 5.69 Å². The van der Waals surface area contributed by atoms with Crippen LogP contribution in [0.3, 0.4) is 0 Å². The molecule has 0 aliphatic heterocycles. The highest BCUT2D eigenvalue weighted by molar-refractivity contribution is 6.31. The van der Waals surface area contributed by atoms with Crippen LogP contribution in [0.15, 0.2) is 66.7 Å². The van der Waals surface area contributed by atoms with Crippen molar-refractivity contribution in [2.45, 2.75) is 6.92 Å². The Balaban J connectivity index is 2.10. The van der Waals surface area contributed by atoms with Crippen molar-refractivity contribution in [3.05, 3.63) is 87.9 Å². The maximum Gasteiger partial charge on any atom is 0.221 e. The van der Waals surface area contributed by atoms with Gasteiger partial charge in [0.2, 0.25) is 5.91 Å². The minimum Gasteiger partial charge on any atom is -0.326 e. The fourth-order valence-electron chi connectivity index (χ4n) is 2.64. The molecule has 0 radical (unpaired) electrons. The maximum atomic E-state index is 13.0. The van der Waals surface area contributed by atoms with Crippen molar-refractivity contribution in [1.82, 2.24) is 0 Å². The third-order valence-corrected chi connectivity index (χ3v) is 4.33. The SMILES string of the molecule is CC(=O)Nc1ccc(-c2ccc(Cl)cc2)cc1C(=O)c1cccc(Cl)c1. The van der Waals surface area contributed by atoms with E-state index in [2.05, 4.69) is 5.32 Å². The standard InChI is InChI=1S/C21H15Cl2NO2/c1-13(25)24-20-10-7-15(14-5-8-17(22)9-6-14)12-19(20)21(26)16-3-2-4-18(23)11-16/h2-12H,1H3,(H,24,25). The van der Waals surface area contributed by atoms with E-state index in [-0.39, 0.29) is 11.7 Å². The quantitative estimate of drug-likeness (QED) is 0.574. The zero-order chi connectivity index (χ0) is 18.7. The Morgan fingerprint density at radius 1 is 0.808 bits per heavy atom. The second-order valence-corrected chi connectivity index (χ2v) is 6.66. The van der Waals surface area contributed by atoms with Gasteiger partial charge >= 0.3 is 0 Å². The van der Waals surface area contributed by atoms with Gasteiger partial charge in [-0.15, -0.1) is 0 Å². The molecule has 0 fully saturated rings. The molecule has 3 rings (SSSR count). The normalized spacial score (nSPS) is 10.4. The lowest BCUT2D eigenvalue weighted by Crippen LogP contribution is -2.12. The molecule has 130 valence electrons. The summed E-state index contributed by atoms with van der Waals surface area (Å²) in [5, 5.41) is 3.83. The van der Waals surface area contributed by atoms with Crippen LogP contribution in [0, 0.1) is 0 Å². The van der Waals surface area contributed by atoms with E-state index in [0.717, 1.165) is 11.1 Å². The summed E-state index contributed by atoms with van der Waals surface area (Å²) in [7, 11) is 0. The number of anilines is 1. The smallest absolute Gasteiger partial charge is 0.221 e. The summed E-state index contributed by atoms with van der Waals surface area (Å²) < 4.78 is 0. The molecule has 0 aromatic heterocycles. The van der Waals surface area contributed by atoms with Crippen molar-refractivity contribution in [2.75, 3.05) is 5.32 Å². The van der Waals surface area contributed by atoms with Gasteiger partial charge in [0.25, 0.3) is 0 Å². The predicted molar refractivity (Wildman–Crippen MR) is 106 cm³/mol. The number of amides is 1. The molecule has 0 atom stereocenters.